The largest absolute Gasteiger partial charge is 0.490 e. The first-order chi connectivity index (χ1) is 17.4. The Morgan fingerprint density at radius 2 is 1.69 bits per heavy atom. The summed E-state index contributed by atoms with van der Waals surface area (Å²) >= 11 is 3.34. The molecule has 0 aliphatic heterocycles. The fraction of sp³-hybridized carbons (Fsp3) is 0.250. The fourth-order valence-electron chi connectivity index (χ4n) is 3.19. The molecular formula is C28H29BrN2O5. The summed E-state index contributed by atoms with van der Waals surface area (Å²) in [6.45, 7) is 6.37. The number of benzene rings is 3. The third-order valence-electron chi connectivity index (χ3n) is 5.38. The van der Waals surface area contributed by atoms with Crippen LogP contribution in [0, 0.1) is 0 Å². The van der Waals surface area contributed by atoms with Gasteiger partial charge in [-0.1, -0.05) is 41.9 Å². The van der Waals surface area contributed by atoms with Gasteiger partial charge in [-0.2, -0.15) is 5.10 Å². The third-order valence-corrected chi connectivity index (χ3v) is 5.91. The molecule has 0 bridgehead atoms. The van der Waals surface area contributed by atoms with Gasteiger partial charge in [0.15, 0.2) is 18.1 Å². The lowest BCUT2D eigenvalue weighted by molar-refractivity contribution is -0.123. The summed E-state index contributed by atoms with van der Waals surface area (Å²) in [4.78, 5) is 24.6. The second-order valence-corrected chi connectivity index (χ2v) is 8.91. The standard InChI is InChI=1S/C28H29BrN2O5/c1-4-19(3)21-9-13-24(14-10-21)35-18-27(32)31-30-17-20-6-15-25(26(16-20)34-5-2)36-28(33)22-7-11-23(29)12-8-22/h6-17,19H,4-5,18H2,1-3H3,(H,31,32)/b30-17-/t19-/m1/s1. The van der Waals surface area contributed by atoms with Crippen LogP contribution in [0.2, 0.25) is 0 Å². The molecule has 188 valence electrons. The molecule has 36 heavy (non-hydrogen) atoms. The topological polar surface area (TPSA) is 86.2 Å². The van der Waals surface area contributed by atoms with Crippen molar-refractivity contribution in [2.24, 2.45) is 5.10 Å². The van der Waals surface area contributed by atoms with E-state index in [0.717, 1.165) is 10.9 Å². The van der Waals surface area contributed by atoms with Crippen LogP contribution in [-0.4, -0.2) is 31.3 Å². The van der Waals surface area contributed by atoms with Gasteiger partial charge in [-0.15, -0.1) is 0 Å². The molecule has 0 fully saturated rings. The van der Waals surface area contributed by atoms with Gasteiger partial charge in [-0.3, -0.25) is 4.79 Å². The van der Waals surface area contributed by atoms with E-state index >= 15 is 0 Å². The van der Waals surface area contributed by atoms with Crippen molar-refractivity contribution in [3.8, 4) is 17.2 Å². The van der Waals surface area contributed by atoms with Gasteiger partial charge < -0.3 is 14.2 Å². The van der Waals surface area contributed by atoms with Crippen LogP contribution in [0.25, 0.3) is 0 Å². The summed E-state index contributed by atoms with van der Waals surface area (Å²) in [6.07, 6.45) is 2.54. The molecule has 0 spiro atoms. The van der Waals surface area contributed by atoms with Crippen LogP contribution < -0.4 is 19.6 Å². The summed E-state index contributed by atoms with van der Waals surface area (Å²) in [5, 5.41) is 3.98. The van der Waals surface area contributed by atoms with Gasteiger partial charge in [-0.05, 0) is 85.0 Å². The van der Waals surface area contributed by atoms with Crippen LogP contribution in [0.15, 0.2) is 76.3 Å². The monoisotopic (exact) mass is 552 g/mol. The van der Waals surface area contributed by atoms with Crippen LogP contribution in [-0.2, 0) is 4.79 Å². The molecule has 1 N–H and O–H groups in total. The highest BCUT2D eigenvalue weighted by Gasteiger charge is 2.13. The number of nitrogens with zero attached hydrogens (tertiary/aromatic N) is 1. The van der Waals surface area contributed by atoms with Crippen molar-refractivity contribution in [3.05, 3.63) is 87.9 Å². The van der Waals surface area contributed by atoms with Gasteiger partial charge in [0.25, 0.3) is 5.91 Å². The van der Waals surface area contributed by atoms with E-state index in [1.54, 1.807) is 42.5 Å². The lowest BCUT2D eigenvalue weighted by atomic mass is 9.99. The van der Waals surface area contributed by atoms with Crippen LogP contribution >= 0.6 is 15.9 Å². The predicted molar refractivity (Wildman–Crippen MR) is 143 cm³/mol. The first-order valence-electron chi connectivity index (χ1n) is 11.7. The molecule has 3 aromatic rings. The number of carbonyl (C=O) groups excluding carboxylic acids is 2. The molecule has 0 aliphatic rings. The van der Waals surface area contributed by atoms with Crippen LogP contribution in [0.5, 0.6) is 17.2 Å². The molecule has 0 heterocycles. The zero-order valence-corrected chi connectivity index (χ0v) is 22.1. The molecular weight excluding hydrogens is 524 g/mol. The number of hydrogen-bond acceptors (Lipinski definition) is 6. The maximum atomic E-state index is 12.5. The highest BCUT2D eigenvalue weighted by Crippen LogP contribution is 2.29. The Kier molecular flexibility index (Phi) is 10.1. The minimum absolute atomic E-state index is 0.158. The Morgan fingerprint density at radius 1 is 0.972 bits per heavy atom. The van der Waals surface area contributed by atoms with Gasteiger partial charge in [0, 0.05) is 4.47 Å². The van der Waals surface area contributed by atoms with E-state index in [1.165, 1.54) is 11.8 Å². The Labute approximate surface area is 219 Å². The average Bonchev–Trinajstić information content (AvgIpc) is 2.89. The lowest BCUT2D eigenvalue weighted by Gasteiger charge is -2.11. The zero-order valence-electron chi connectivity index (χ0n) is 20.5. The molecule has 0 unspecified atom stereocenters. The normalized spacial score (nSPS) is 11.7. The van der Waals surface area contributed by atoms with Crippen molar-refractivity contribution in [2.45, 2.75) is 33.1 Å². The van der Waals surface area contributed by atoms with Crippen LogP contribution in [0.3, 0.4) is 0 Å². The van der Waals surface area contributed by atoms with Crippen molar-refractivity contribution in [1.29, 1.82) is 0 Å². The minimum Gasteiger partial charge on any atom is -0.490 e. The second-order valence-electron chi connectivity index (χ2n) is 8.00. The first kappa shape index (κ1) is 26.9. The van der Waals surface area contributed by atoms with Crippen molar-refractivity contribution < 1.29 is 23.8 Å². The SMILES string of the molecule is CCOc1cc(/C=N\NC(=O)COc2ccc([C@H](C)CC)cc2)ccc1OC(=O)c1ccc(Br)cc1. The van der Waals surface area contributed by atoms with E-state index in [4.69, 9.17) is 14.2 Å². The molecule has 8 heteroatoms. The van der Waals surface area contributed by atoms with E-state index in [1.807, 2.05) is 31.2 Å². The van der Waals surface area contributed by atoms with E-state index in [-0.39, 0.29) is 12.5 Å². The van der Waals surface area contributed by atoms with E-state index in [2.05, 4.69) is 40.3 Å². The van der Waals surface area contributed by atoms with Crippen LogP contribution in [0.1, 0.15) is 54.6 Å². The third kappa shape index (κ3) is 7.95. The number of carbonyl (C=O) groups is 2. The molecule has 0 radical (unpaired) electrons. The summed E-state index contributed by atoms with van der Waals surface area (Å²) in [5.74, 6) is 0.901. The zero-order chi connectivity index (χ0) is 25.9. The van der Waals surface area contributed by atoms with Crippen molar-refractivity contribution in [1.82, 2.24) is 5.43 Å². The summed E-state index contributed by atoms with van der Waals surface area (Å²) in [5.41, 5.74) is 4.75. The first-order valence-corrected chi connectivity index (χ1v) is 12.5. The van der Waals surface area contributed by atoms with Crippen molar-refractivity contribution >= 4 is 34.0 Å². The van der Waals surface area contributed by atoms with Gasteiger partial charge in [0.2, 0.25) is 0 Å². The van der Waals surface area contributed by atoms with E-state index in [9.17, 15) is 9.59 Å². The number of hydrazone groups is 1. The Morgan fingerprint density at radius 3 is 2.36 bits per heavy atom. The molecule has 3 aromatic carbocycles. The van der Waals surface area contributed by atoms with Crippen LogP contribution in [0.4, 0.5) is 0 Å². The molecule has 0 aromatic heterocycles. The maximum absolute atomic E-state index is 12.5. The summed E-state index contributed by atoms with van der Waals surface area (Å²) in [7, 11) is 0. The minimum atomic E-state index is -0.494. The van der Waals surface area contributed by atoms with Gasteiger partial charge in [0.05, 0.1) is 18.4 Å². The van der Waals surface area contributed by atoms with Gasteiger partial charge in [-0.25, -0.2) is 10.2 Å². The number of esters is 1. The lowest BCUT2D eigenvalue weighted by Crippen LogP contribution is -2.24. The molecule has 7 nitrogen and oxygen atoms in total. The summed E-state index contributed by atoms with van der Waals surface area (Å²) in [6, 6.07) is 19.6. The molecule has 0 aliphatic carbocycles. The Hall–Kier alpha value is -3.65. The number of halogens is 1. The number of nitrogens with one attached hydrogen (secondary N) is 1. The number of ether oxygens (including phenoxy) is 3. The molecule has 1 atom stereocenters. The summed E-state index contributed by atoms with van der Waals surface area (Å²) < 4.78 is 17.5. The van der Waals surface area contributed by atoms with E-state index in [0.29, 0.717) is 40.9 Å². The molecule has 0 saturated heterocycles. The predicted octanol–water partition coefficient (Wildman–Crippen LogP) is 6.11. The Balaban J connectivity index is 1.55. The Bertz CT molecular complexity index is 1190. The van der Waals surface area contributed by atoms with Gasteiger partial charge >= 0.3 is 5.97 Å². The smallest absolute Gasteiger partial charge is 0.343 e. The second kappa shape index (κ2) is 13.4. The van der Waals surface area contributed by atoms with Crippen molar-refractivity contribution in [3.63, 3.8) is 0 Å². The molecule has 3 rings (SSSR count). The van der Waals surface area contributed by atoms with Crippen molar-refractivity contribution in [2.75, 3.05) is 13.2 Å². The average molecular weight is 553 g/mol. The number of amides is 1. The number of hydrogen-bond donors (Lipinski definition) is 1. The van der Waals surface area contributed by atoms with E-state index < -0.39 is 5.97 Å². The van der Waals surface area contributed by atoms with Gasteiger partial charge in [0.1, 0.15) is 5.75 Å². The number of rotatable bonds is 11. The highest BCUT2D eigenvalue weighted by atomic mass is 79.9. The maximum Gasteiger partial charge on any atom is 0.343 e. The quantitative estimate of drug-likeness (QED) is 0.134. The highest BCUT2D eigenvalue weighted by molar-refractivity contribution is 9.10. The molecule has 0 saturated carbocycles. The fourth-order valence-corrected chi connectivity index (χ4v) is 3.45. The molecule has 1 amide bonds.